The van der Waals surface area contributed by atoms with Crippen molar-refractivity contribution < 1.29 is 14.6 Å². The molecule has 1 aliphatic rings. The Balaban J connectivity index is 1.51. The molecule has 1 fully saturated rings. The summed E-state index contributed by atoms with van der Waals surface area (Å²) in [5.41, 5.74) is 3.22. The van der Waals surface area contributed by atoms with Crippen LogP contribution < -0.4 is 11.0 Å². The highest BCUT2D eigenvalue weighted by Gasteiger charge is 2.12. The molecule has 0 radical (unpaired) electrons. The summed E-state index contributed by atoms with van der Waals surface area (Å²) in [4.78, 5) is 33.9. The normalized spacial score (nSPS) is 14.3. The lowest BCUT2D eigenvalue weighted by atomic mass is 10.0. The maximum Gasteiger partial charge on any atom is 0.345 e. The number of nitrogens with one attached hydrogen (secondary N) is 2. The van der Waals surface area contributed by atoms with Crippen LogP contribution in [0.25, 0.3) is 22.5 Å². The number of morpholine rings is 1. The number of aromatic amines is 1. The van der Waals surface area contributed by atoms with Gasteiger partial charge in [0, 0.05) is 37.3 Å². The van der Waals surface area contributed by atoms with Crippen LogP contribution in [-0.4, -0.2) is 65.3 Å². The van der Waals surface area contributed by atoms with Crippen LogP contribution in [0.1, 0.15) is 15.9 Å². The number of phenolic OH excluding ortho intramolecular Hbond substituents is 1. The van der Waals surface area contributed by atoms with Gasteiger partial charge in [-0.15, -0.1) is 0 Å². The highest BCUT2D eigenvalue weighted by atomic mass is 16.5. The van der Waals surface area contributed by atoms with Gasteiger partial charge < -0.3 is 20.1 Å². The molecule has 2 aromatic carbocycles. The van der Waals surface area contributed by atoms with Crippen molar-refractivity contribution in [1.29, 1.82) is 0 Å². The summed E-state index contributed by atoms with van der Waals surface area (Å²) in [6.45, 7) is 6.33. The van der Waals surface area contributed by atoms with Crippen LogP contribution in [0, 0.1) is 6.92 Å². The van der Waals surface area contributed by atoms with Gasteiger partial charge >= 0.3 is 5.69 Å². The fraction of sp³-hybridized carbons (Fsp3) is 0.292. The van der Waals surface area contributed by atoms with E-state index in [0.717, 1.165) is 38.4 Å². The molecule has 0 bridgehead atoms. The van der Waals surface area contributed by atoms with Crippen LogP contribution in [0.3, 0.4) is 0 Å². The first kappa shape index (κ1) is 21.7. The Labute approximate surface area is 185 Å². The number of phenols is 1. The predicted molar refractivity (Wildman–Crippen MR) is 122 cm³/mol. The summed E-state index contributed by atoms with van der Waals surface area (Å²) in [6.07, 6.45) is 0. The summed E-state index contributed by atoms with van der Waals surface area (Å²) in [6, 6.07) is 14.0. The number of aryl methyl sites for hydroxylation is 1. The monoisotopic (exact) mass is 434 g/mol. The molecule has 4 rings (SSSR count). The van der Waals surface area contributed by atoms with Crippen molar-refractivity contribution in [3.05, 3.63) is 70.1 Å². The van der Waals surface area contributed by atoms with Gasteiger partial charge in [0.1, 0.15) is 5.75 Å². The van der Waals surface area contributed by atoms with Crippen molar-refractivity contribution in [1.82, 2.24) is 20.2 Å². The van der Waals surface area contributed by atoms with E-state index in [-0.39, 0.29) is 11.7 Å². The quantitative estimate of drug-likeness (QED) is 0.549. The molecule has 8 nitrogen and oxygen atoms in total. The summed E-state index contributed by atoms with van der Waals surface area (Å²) >= 11 is 0. The Bertz CT molecular complexity index is 1170. The number of carbonyl (C=O) groups is 1. The van der Waals surface area contributed by atoms with Crippen molar-refractivity contribution in [3.8, 4) is 28.3 Å². The summed E-state index contributed by atoms with van der Waals surface area (Å²) < 4.78 is 5.34. The Morgan fingerprint density at radius 1 is 1.16 bits per heavy atom. The SMILES string of the molecule is Cc1cc(-c2cc(-c3cccc(C(=O)NCCN4CCOCC4)c3)[nH]c(=O)n2)ccc1O. The molecule has 166 valence electrons. The summed E-state index contributed by atoms with van der Waals surface area (Å²) in [7, 11) is 0. The smallest absolute Gasteiger partial charge is 0.345 e. The van der Waals surface area contributed by atoms with E-state index in [1.54, 1.807) is 49.4 Å². The predicted octanol–water partition coefficient (Wildman–Crippen LogP) is 2.18. The maximum absolute atomic E-state index is 12.6. The van der Waals surface area contributed by atoms with Crippen LogP contribution in [0.15, 0.2) is 53.3 Å². The van der Waals surface area contributed by atoms with Gasteiger partial charge in [0.05, 0.1) is 24.6 Å². The minimum Gasteiger partial charge on any atom is -0.508 e. The molecule has 0 aliphatic carbocycles. The number of H-pyrrole nitrogens is 1. The largest absolute Gasteiger partial charge is 0.508 e. The molecule has 1 amide bonds. The molecular formula is C24H26N4O4. The number of rotatable bonds is 6. The number of benzene rings is 2. The Morgan fingerprint density at radius 2 is 1.97 bits per heavy atom. The average Bonchev–Trinajstić information content (AvgIpc) is 2.81. The molecule has 3 N–H and O–H groups in total. The van der Waals surface area contributed by atoms with E-state index in [1.165, 1.54) is 0 Å². The zero-order valence-electron chi connectivity index (χ0n) is 17.9. The minimum atomic E-state index is -0.483. The van der Waals surface area contributed by atoms with Gasteiger partial charge in [-0.2, -0.15) is 4.98 Å². The van der Waals surface area contributed by atoms with Gasteiger partial charge in [-0.3, -0.25) is 9.69 Å². The third-order valence-corrected chi connectivity index (χ3v) is 5.49. The molecular weight excluding hydrogens is 408 g/mol. The number of ether oxygens (including phenoxy) is 1. The molecule has 0 saturated carbocycles. The first-order valence-electron chi connectivity index (χ1n) is 10.6. The molecule has 1 aromatic heterocycles. The van der Waals surface area contributed by atoms with Crippen molar-refractivity contribution in [2.75, 3.05) is 39.4 Å². The molecule has 0 atom stereocenters. The first-order chi connectivity index (χ1) is 15.5. The fourth-order valence-corrected chi connectivity index (χ4v) is 3.66. The topological polar surface area (TPSA) is 108 Å². The van der Waals surface area contributed by atoms with E-state index in [4.69, 9.17) is 4.74 Å². The number of carbonyl (C=O) groups excluding carboxylic acids is 1. The molecule has 2 heterocycles. The van der Waals surface area contributed by atoms with Gasteiger partial charge in [0.15, 0.2) is 0 Å². The van der Waals surface area contributed by atoms with E-state index in [9.17, 15) is 14.7 Å². The van der Waals surface area contributed by atoms with Crippen molar-refractivity contribution in [3.63, 3.8) is 0 Å². The number of aromatic nitrogens is 2. The van der Waals surface area contributed by atoms with E-state index >= 15 is 0 Å². The molecule has 3 aromatic rings. The summed E-state index contributed by atoms with van der Waals surface area (Å²) in [5.74, 6) is 0.0250. The summed E-state index contributed by atoms with van der Waals surface area (Å²) in [5, 5.41) is 12.7. The van der Waals surface area contributed by atoms with E-state index < -0.39 is 5.69 Å². The average molecular weight is 434 g/mol. The van der Waals surface area contributed by atoms with Gasteiger partial charge in [-0.1, -0.05) is 12.1 Å². The molecule has 0 unspecified atom stereocenters. The standard InChI is InChI=1S/C24H26N4O4/c1-16-13-18(5-6-22(16)29)21-15-20(26-24(31)27-21)17-3-2-4-19(14-17)23(30)25-7-8-28-9-11-32-12-10-28/h2-6,13-15,29H,7-12H2,1H3,(H,25,30)(H,26,27,31). The van der Waals surface area contributed by atoms with Gasteiger partial charge in [-0.05, 0) is 54.4 Å². The van der Waals surface area contributed by atoms with Crippen LogP contribution in [0.4, 0.5) is 0 Å². The van der Waals surface area contributed by atoms with Crippen molar-refractivity contribution >= 4 is 5.91 Å². The molecule has 0 spiro atoms. The second kappa shape index (κ2) is 9.76. The van der Waals surface area contributed by atoms with E-state index in [0.29, 0.717) is 34.6 Å². The minimum absolute atomic E-state index is 0.161. The maximum atomic E-state index is 12.6. The van der Waals surface area contributed by atoms with E-state index in [2.05, 4.69) is 20.2 Å². The van der Waals surface area contributed by atoms with Gasteiger partial charge in [-0.25, -0.2) is 4.79 Å². The van der Waals surface area contributed by atoms with E-state index in [1.807, 2.05) is 6.07 Å². The molecule has 1 aliphatic heterocycles. The lowest BCUT2D eigenvalue weighted by Gasteiger charge is -2.26. The van der Waals surface area contributed by atoms with Crippen LogP contribution in [0.5, 0.6) is 5.75 Å². The van der Waals surface area contributed by atoms with Gasteiger partial charge in [0.25, 0.3) is 5.91 Å². The number of nitrogens with zero attached hydrogens (tertiary/aromatic N) is 2. The first-order valence-corrected chi connectivity index (χ1v) is 10.6. The number of aromatic hydroxyl groups is 1. The second-order valence-electron chi connectivity index (χ2n) is 7.78. The van der Waals surface area contributed by atoms with Crippen LogP contribution in [0.2, 0.25) is 0 Å². The number of hydrogen-bond acceptors (Lipinski definition) is 6. The highest BCUT2D eigenvalue weighted by molar-refractivity contribution is 5.95. The second-order valence-corrected chi connectivity index (χ2v) is 7.78. The zero-order valence-corrected chi connectivity index (χ0v) is 17.9. The van der Waals surface area contributed by atoms with Gasteiger partial charge in [0.2, 0.25) is 0 Å². The van der Waals surface area contributed by atoms with Crippen LogP contribution in [-0.2, 0) is 4.74 Å². The fourth-order valence-electron chi connectivity index (χ4n) is 3.66. The molecule has 8 heteroatoms. The Morgan fingerprint density at radius 3 is 2.75 bits per heavy atom. The highest BCUT2D eigenvalue weighted by Crippen LogP contribution is 2.26. The Hall–Kier alpha value is -3.49. The van der Waals surface area contributed by atoms with Crippen molar-refractivity contribution in [2.24, 2.45) is 0 Å². The lowest BCUT2D eigenvalue weighted by molar-refractivity contribution is 0.0383. The number of hydrogen-bond donors (Lipinski definition) is 3. The van der Waals surface area contributed by atoms with Crippen molar-refractivity contribution in [2.45, 2.75) is 6.92 Å². The number of amides is 1. The molecule has 32 heavy (non-hydrogen) atoms. The zero-order chi connectivity index (χ0) is 22.5. The third kappa shape index (κ3) is 5.22. The Kier molecular flexibility index (Phi) is 6.63. The third-order valence-electron chi connectivity index (χ3n) is 5.49. The lowest BCUT2D eigenvalue weighted by Crippen LogP contribution is -2.41. The molecule has 1 saturated heterocycles. The van der Waals surface area contributed by atoms with Crippen LogP contribution >= 0.6 is 0 Å².